The maximum atomic E-state index is 12.2. The molecule has 0 atom stereocenters. The molecule has 2 aromatic rings. The number of amides is 1. The molecule has 0 aliphatic carbocycles. The third-order valence-corrected chi connectivity index (χ3v) is 4.60. The molecule has 0 radical (unpaired) electrons. The molecule has 0 aliphatic heterocycles. The highest BCUT2D eigenvalue weighted by molar-refractivity contribution is 7.10. The zero-order valence-electron chi connectivity index (χ0n) is 10.2. The fraction of sp³-hybridized carbons (Fsp3) is 0.154. The van der Waals surface area contributed by atoms with Gasteiger partial charge in [0.05, 0.1) is 21.3 Å². The largest absolute Gasteiger partial charge is 0.319 e. The number of hydrogen-bond donors (Lipinski definition) is 1. The van der Waals surface area contributed by atoms with Gasteiger partial charge in [-0.05, 0) is 31.5 Å². The predicted octanol–water partition coefficient (Wildman–Crippen LogP) is 5.58. The summed E-state index contributed by atoms with van der Waals surface area (Å²) in [5, 5.41) is 5.60. The zero-order valence-corrected chi connectivity index (χ0v) is 13.3. The van der Waals surface area contributed by atoms with Gasteiger partial charge < -0.3 is 5.32 Å². The van der Waals surface area contributed by atoms with Crippen LogP contribution in [0.15, 0.2) is 17.5 Å². The van der Waals surface area contributed by atoms with Gasteiger partial charge >= 0.3 is 0 Å². The number of halogens is 3. The Labute approximate surface area is 130 Å². The lowest BCUT2D eigenvalue weighted by atomic mass is 10.1. The molecule has 1 aromatic heterocycles. The third kappa shape index (κ3) is 3.06. The van der Waals surface area contributed by atoms with Crippen LogP contribution in [0.1, 0.15) is 20.8 Å². The highest BCUT2D eigenvalue weighted by Gasteiger charge is 2.16. The van der Waals surface area contributed by atoms with E-state index in [1.807, 2.05) is 19.2 Å². The van der Waals surface area contributed by atoms with Crippen LogP contribution >= 0.6 is 46.1 Å². The molecule has 0 saturated carbocycles. The minimum Gasteiger partial charge on any atom is -0.319 e. The average molecular weight is 335 g/mol. The topological polar surface area (TPSA) is 29.1 Å². The van der Waals surface area contributed by atoms with Crippen molar-refractivity contribution in [3.63, 3.8) is 0 Å². The predicted molar refractivity (Wildman–Crippen MR) is 83.2 cm³/mol. The van der Waals surface area contributed by atoms with E-state index in [9.17, 15) is 4.79 Å². The van der Waals surface area contributed by atoms with Crippen molar-refractivity contribution in [2.45, 2.75) is 13.8 Å². The van der Waals surface area contributed by atoms with Gasteiger partial charge in [0.1, 0.15) is 0 Å². The van der Waals surface area contributed by atoms with Gasteiger partial charge in [0.2, 0.25) is 0 Å². The van der Waals surface area contributed by atoms with Gasteiger partial charge in [-0.1, -0.05) is 34.8 Å². The number of anilines is 1. The van der Waals surface area contributed by atoms with Crippen LogP contribution < -0.4 is 5.32 Å². The van der Waals surface area contributed by atoms with E-state index < -0.39 is 0 Å². The van der Waals surface area contributed by atoms with E-state index >= 15 is 0 Å². The molecule has 1 N–H and O–H groups in total. The summed E-state index contributed by atoms with van der Waals surface area (Å²) >= 11 is 19.4. The monoisotopic (exact) mass is 333 g/mol. The number of carbonyl (C=O) groups excluding carboxylic acids is 1. The van der Waals surface area contributed by atoms with Crippen molar-refractivity contribution in [3.8, 4) is 0 Å². The van der Waals surface area contributed by atoms with Crippen LogP contribution in [0.5, 0.6) is 0 Å². The number of aryl methyl sites for hydroxylation is 1. The van der Waals surface area contributed by atoms with Crippen LogP contribution in [0.3, 0.4) is 0 Å². The summed E-state index contributed by atoms with van der Waals surface area (Å²) in [5.41, 5.74) is 1.97. The molecule has 0 fully saturated rings. The molecule has 0 saturated heterocycles. The highest BCUT2D eigenvalue weighted by atomic mass is 35.5. The summed E-state index contributed by atoms with van der Waals surface area (Å²) in [5.74, 6) is -0.229. The van der Waals surface area contributed by atoms with Crippen LogP contribution in [0.2, 0.25) is 15.1 Å². The number of rotatable bonds is 2. The lowest BCUT2D eigenvalue weighted by Crippen LogP contribution is -2.13. The lowest BCUT2D eigenvalue weighted by molar-refractivity contribution is 0.102. The molecule has 2 rings (SSSR count). The van der Waals surface area contributed by atoms with E-state index in [0.717, 1.165) is 10.4 Å². The van der Waals surface area contributed by atoms with Crippen LogP contribution in [0.25, 0.3) is 0 Å². The fourth-order valence-electron chi connectivity index (χ4n) is 1.58. The quantitative estimate of drug-likeness (QED) is 0.763. The molecule has 100 valence electrons. The molecule has 1 amide bonds. The van der Waals surface area contributed by atoms with Gasteiger partial charge in [0.15, 0.2) is 0 Å². The third-order valence-electron chi connectivity index (χ3n) is 2.78. The average Bonchev–Trinajstić information content (AvgIpc) is 2.64. The normalized spacial score (nSPS) is 10.6. The SMILES string of the molecule is Cc1scc(C(=O)Nc2c(Cl)cc(Cl)cc2Cl)c1C. The van der Waals surface area contributed by atoms with E-state index in [4.69, 9.17) is 34.8 Å². The van der Waals surface area contributed by atoms with Gasteiger partial charge in [0.25, 0.3) is 5.91 Å². The summed E-state index contributed by atoms with van der Waals surface area (Å²) in [6.45, 7) is 3.88. The summed E-state index contributed by atoms with van der Waals surface area (Å²) in [6, 6.07) is 3.08. The van der Waals surface area contributed by atoms with Crippen LogP contribution in [0.4, 0.5) is 5.69 Å². The van der Waals surface area contributed by atoms with E-state index in [1.54, 1.807) is 0 Å². The van der Waals surface area contributed by atoms with Gasteiger partial charge in [-0.15, -0.1) is 11.3 Å². The van der Waals surface area contributed by atoms with Crippen molar-refractivity contribution in [1.29, 1.82) is 0 Å². The molecule has 2 nitrogen and oxygen atoms in total. The molecule has 6 heteroatoms. The van der Waals surface area contributed by atoms with Crippen molar-refractivity contribution in [3.05, 3.63) is 48.6 Å². The first-order valence-electron chi connectivity index (χ1n) is 5.40. The first-order valence-corrected chi connectivity index (χ1v) is 7.42. The second-order valence-corrected chi connectivity index (χ2v) is 6.36. The molecule has 1 heterocycles. The van der Waals surface area contributed by atoms with Crippen LogP contribution in [-0.4, -0.2) is 5.91 Å². The Morgan fingerprint density at radius 2 is 1.74 bits per heavy atom. The lowest BCUT2D eigenvalue weighted by Gasteiger charge is -2.09. The van der Waals surface area contributed by atoms with Gasteiger partial charge in [0, 0.05) is 15.3 Å². The van der Waals surface area contributed by atoms with Gasteiger partial charge in [-0.3, -0.25) is 4.79 Å². The van der Waals surface area contributed by atoms with Gasteiger partial charge in [-0.2, -0.15) is 0 Å². The van der Waals surface area contributed by atoms with Gasteiger partial charge in [-0.25, -0.2) is 0 Å². The zero-order chi connectivity index (χ0) is 14.2. The Balaban J connectivity index is 2.32. The Bertz CT molecular complexity index is 628. The van der Waals surface area contributed by atoms with Crippen molar-refractivity contribution in [2.75, 3.05) is 5.32 Å². The highest BCUT2D eigenvalue weighted by Crippen LogP contribution is 2.34. The molecular formula is C13H10Cl3NOS. The molecule has 0 spiro atoms. The van der Waals surface area contributed by atoms with Crippen molar-refractivity contribution >= 4 is 57.7 Å². The van der Waals surface area contributed by atoms with Crippen LogP contribution in [-0.2, 0) is 0 Å². The van der Waals surface area contributed by atoms with Crippen LogP contribution in [0, 0.1) is 13.8 Å². The Morgan fingerprint density at radius 1 is 1.16 bits per heavy atom. The maximum absolute atomic E-state index is 12.2. The summed E-state index contributed by atoms with van der Waals surface area (Å²) in [6.07, 6.45) is 0. The summed E-state index contributed by atoms with van der Waals surface area (Å²) in [4.78, 5) is 13.3. The first-order chi connectivity index (χ1) is 8.90. The number of nitrogens with one attached hydrogen (secondary N) is 1. The number of hydrogen-bond acceptors (Lipinski definition) is 2. The van der Waals surface area contributed by atoms with E-state index in [0.29, 0.717) is 26.3 Å². The van der Waals surface area contributed by atoms with E-state index in [1.165, 1.54) is 23.5 Å². The van der Waals surface area contributed by atoms with E-state index in [-0.39, 0.29) is 5.91 Å². The molecule has 0 unspecified atom stereocenters. The maximum Gasteiger partial charge on any atom is 0.256 e. The van der Waals surface area contributed by atoms with Crippen molar-refractivity contribution in [1.82, 2.24) is 0 Å². The number of carbonyl (C=O) groups is 1. The molecule has 0 bridgehead atoms. The first kappa shape index (κ1) is 14.7. The second kappa shape index (κ2) is 5.71. The molecular weight excluding hydrogens is 325 g/mol. The smallest absolute Gasteiger partial charge is 0.256 e. The second-order valence-electron chi connectivity index (χ2n) is 4.03. The number of thiophene rings is 1. The molecule has 0 aliphatic rings. The Morgan fingerprint density at radius 3 is 2.21 bits per heavy atom. The van der Waals surface area contributed by atoms with Crippen molar-refractivity contribution < 1.29 is 4.79 Å². The minimum absolute atomic E-state index is 0.229. The minimum atomic E-state index is -0.229. The van der Waals surface area contributed by atoms with E-state index in [2.05, 4.69) is 5.32 Å². The Hall–Kier alpha value is -0.740. The summed E-state index contributed by atoms with van der Waals surface area (Å²) in [7, 11) is 0. The number of benzene rings is 1. The summed E-state index contributed by atoms with van der Waals surface area (Å²) < 4.78 is 0. The van der Waals surface area contributed by atoms with Crippen molar-refractivity contribution in [2.24, 2.45) is 0 Å². The molecule has 1 aromatic carbocycles. The molecule has 19 heavy (non-hydrogen) atoms. The Kier molecular flexibility index (Phi) is 4.41. The fourth-order valence-corrected chi connectivity index (χ4v) is 3.36. The standard InChI is InChI=1S/C13H10Cl3NOS/c1-6-7(2)19-5-9(6)13(18)17-12-10(15)3-8(14)4-11(12)16/h3-5H,1-2H3,(H,17,18).